The van der Waals surface area contributed by atoms with Crippen molar-refractivity contribution in [1.29, 1.82) is 0 Å². The lowest BCUT2D eigenvalue weighted by Gasteiger charge is -2.11. The Morgan fingerprint density at radius 1 is 1.38 bits per heavy atom. The summed E-state index contributed by atoms with van der Waals surface area (Å²) < 4.78 is 1.37. The number of thiazole rings is 1. The molecular formula is C16H13N5O2S. The van der Waals surface area contributed by atoms with Crippen LogP contribution in [0.1, 0.15) is 29.1 Å². The quantitative estimate of drug-likeness (QED) is 0.598. The first kappa shape index (κ1) is 14.6. The molecule has 8 heteroatoms. The molecule has 1 aromatic carbocycles. The van der Waals surface area contributed by atoms with Crippen LogP contribution >= 0.6 is 11.3 Å². The molecule has 0 saturated carbocycles. The summed E-state index contributed by atoms with van der Waals surface area (Å²) in [5.41, 5.74) is 1.36. The minimum Gasteiger partial charge on any atom is -0.342 e. The fourth-order valence-electron chi connectivity index (χ4n) is 2.50. The van der Waals surface area contributed by atoms with Gasteiger partial charge in [-0.05, 0) is 19.1 Å². The van der Waals surface area contributed by atoms with Crippen molar-refractivity contribution < 1.29 is 4.79 Å². The Bertz CT molecular complexity index is 1080. The van der Waals surface area contributed by atoms with Gasteiger partial charge in [0, 0.05) is 17.8 Å². The van der Waals surface area contributed by atoms with Crippen LogP contribution in [0, 0.1) is 0 Å². The van der Waals surface area contributed by atoms with E-state index >= 15 is 0 Å². The molecule has 0 radical (unpaired) electrons. The van der Waals surface area contributed by atoms with Crippen LogP contribution in [0.3, 0.4) is 0 Å². The minimum atomic E-state index is -0.471. The number of hydrogen-bond acceptors (Lipinski definition) is 5. The zero-order valence-electron chi connectivity index (χ0n) is 12.7. The number of hydrogen-bond donors (Lipinski definition) is 2. The molecule has 7 nitrogen and oxygen atoms in total. The smallest absolute Gasteiger partial charge is 0.271 e. The molecule has 24 heavy (non-hydrogen) atoms. The zero-order valence-corrected chi connectivity index (χ0v) is 13.5. The standard InChI is InChI=1S/C16H13N5O2S/c1-9(13-19-11-4-2-3-5-12(11)20-13)18-14(22)10-8-17-16-21(15(10)23)6-7-24-16/h2-9H,1H3,(H,18,22)(H,19,20). The van der Waals surface area contributed by atoms with Crippen molar-refractivity contribution in [3.63, 3.8) is 0 Å². The summed E-state index contributed by atoms with van der Waals surface area (Å²) in [6.45, 7) is 1.81. The van der Waals surface area contributed by atoms with Crippen molar-refractivity contribution in [3.05, 3.63) is 63.8 Å². The second kappa shape index (κ2) is 5.57. The first-order chi connectivity index (χ1) is 11.6. The largest absolute Gasteiger partial charge is 0.342 e. The number of para-hydroxylation sites is 2. The maximum atomic E-state index is 12.4. The van der Waals surface area contributed by atoms with E-state index in [0.717, 1.165) is 11.0 Å². The molecular weight excluding hydrogens is 326 g/mol. The van der Waals surface area contributed by atoms with Crippen LogP contribution in [0.15, 0.2) is 46.8 Å². The third-order valence-corrected chi connectivity index (χ3v) is 4.52. The van der Waals surface area contributed by atoms with Crippen molar-refractivity contribution in [2.45, 2.75) is 13.0 Å². The van der Waals surface area contributed by atoms with Crippen molar-refractivity contribution in [1.82, 2.24) is 24.7 Å². The zero-order chi connectivity index (χ0) is 16.7. The predicted octanol–water partition coefficient (Wildman–Crippen LogP) is 2.12. The van der Waals surface area contributed by atoms with Gasteiger partial charge >= 0.3 is 0 Å². The monoisotopic (exact) mass is 339 g/mol. The van der Waals surface area contributed by atoms with Gasteiger partial charge in [0.2, 0.25) is 0 Å². The van der Waals surface area contributed by atoms with Crippen molar-refractivity contribution >= 4 is 33.2 Å². The summed E-state index contributed by atoms with van der Waals surface area (Å²) >= 11 is 1.34. The van der Waals surface area contributed by atoms with E-state index < -0.39 is 5.91 Å². The van der Waals surface area contributed by atoms with Crippen LogP contribution < -0.4 is 10.9 Å². The number of amides is 1. The molecule has 3 heterocycles. The van der Waals surface area contributed by atoms with Crippen molar-refractivity contribution in [3.8, 4) is 0 Å². The Balaban J connectivity index is 1.62. The number of carbonyl (C=O) groups is 1. The average Bonchev–Trinajstić information content (AvgIpc) is 3.21. The second-order valence-electron chi connectivity index (χ2n) is 5.37. The van der Waals surface area contributed by atoms with Gasteiger partial charge in [-0.1, -0.05) is 12.1 Å². The number of rotatable bonds is 3. The highest BCUT2D eigenvalue weighted by molar-refractivity contribution is 7.15. The van der Waals surface area contributed by atoms with E-state index in [0.29, 0.717) is 10.8 Å². The fraction of sp³-hybridized carbons (Fsp3) is 0.125. The lowest BCUT2D eigenvalue weighted by molar-refractivity contribution is 0.0936. The molecule has 4 aromatic rings. The number of nitrogens with zero attached hydrogens (tertiary/aromatic N) is 3. The third-order valence-electron chi connectivity index (χ3n) is 3.75. The Morgan fingerprint density at radius 2 is 2.21 bits per heavy atom. The molecule has 1 amide bonds. The highest BCUT2D eigenvalue weighted by Gasteiger charge is 2.18. The van der Waals surface area contributed by atoms with E-state index in [4.69, 9.17) is 0 Å². The molecule has 1 atom stereocenters. The van der Waals surface area contributed by atoms with Crippen LogP contribution in [0.5, 0.6) is 0 Å². The number of fused-ring (bicyclic) bond motifs is 2. The van der Waals surface area contributed by atoms with E-state index in [2.05, 4.69) is 20.3 Å². The first-order valence-corrected chi connectivity index (χ1v) is 8.22. The molecule has 120 valence electrons. The molecule has 3 aromatic heterocycles. The van der Waals surface area contributed by atoms with Gasteiger partial charge in [-0.2, -0.15) is 0 Å². The Morgan fingerprint density at radius 3 is 3.04 bits per heavy atom. The SMILES string of the molecule is CC(NC(=O)c1cnc2sccn2c1=O)c1nc2ccccc2[nH]1. The van der Waals surface area contributed by atoms with Crippen LogP contribution in [0.2, 0.25) is 0 Å². The number of nitrogens with one attached hydrogen (secondary N) is 2. The molecule has 2 N–H and O–H groups in total. The number of carbonyl (C=O) groups excluding carboxylic acids is 1. The summed E-state index contributed by atoms with van der Waals surface area (Å²) in [4.78, 5) is 37.1. The minimum absolute atomic E-state index is 0.00820. The van der Waals surface area contributed by atoms with E-state index in [1.165, 1.54) is 21.9 Å². The lowest BCUT2D eigenvalue weighted by atomic mass is 10.2. The normalized spacial score (nSPS) is 12.5. The summed E-state index contributed by atoms with van der Waals surface area (Å²) in [5, 5.41) is 4.54. The van der Waals surface area contributed by atoms with Gasteiger partial charge in [0.15, 0.2) is 4.96 Å². The van der Waals surface area contributed by atoms with Gasteiger partial charge in [0.1, 0.15) is 11.4 Å². The molecule has 0 saturated heterocycles. The summed E-state index contributed by atoms with van der Waals surface area (Å²) in [6.07, 6.45) is 2.92. The molecule has 0 aliphatic rings. The van der Waals surface area contributed by atoms with Gasteiger partial charge < -0.3 is 10.3 Å². The van der Waals surface area contributed by atoms with Gasteiger partial charge in [-0.15, -0.1) is 11.3 Å². The number of benzene rings is 1. The Kier molecular flexibility index (Phi) is 3.39. The summed E-state index contributed by atoms with van der Waals surface area (Å²) in [7, 11) is 0. The number of aromatic amines is 1. The van der Waals surface area contributed by atoms with Crippen LogP contribution in [-0.2, 0) is 0 Å². The summed E-state index contributed by atoms with van der Waals surface area (Å²) in [5.74, 6) is 0.162. The van der Waals surface area contributed by atoms with Crippen LogP contribution in [0.25, 0.3) is 16.0 Å². The Labute approximate surface area is 140 Å². The van der Waals surface area contributed by atoms with E-state index in [-0.39, 0.29) is 17.2 Å². The molecule has 4 rings (SSSR count). The Hall–Kier alpha value is -3.00. The highest BCUT2D eigenvalue weighted by atomic mass is 32.1. The van der Waals surface area contributed by atoms with Crippen molar-refractivity contribution in [2.75, 3.05) is 0 Å². The van der Waals surface area contributed by atoms with Gasteiger partial charge in [-0.25, -0.2) is 9.97 Å². The van der Waals surface area contributed by atoms with E-state index in [9.17, 15) is 9.59 Å². The van der Waals surface area contributed by atoms with Gasteiger partial charge in [0.25, 0.3) is 11.5 Å². The topological polar surface area (TPSA) is 92.2 Å². The predicted molar refractivity (Wildman–Crippen MR) is 91.3 cm³/mol. The van der Waals surface area contributed by atoms with Crippen LogP contribution in [0.4, 0.5) is 0 Å². The molecule has 0 spiro atoms. The molecule has 0 aliphatic carbocycles. The summed E-state index contributed by atoms with van der Waals surface area (Å²) in [6, 6.07) is 7.26. The molecule has 0 aliphatic heterocycles. The van der Waals surface area contributed by atoms with Gasteiger partial charge in [-0.3, -0.25) is 14.0 Å². The first-order valence-electron chi connectivity index (χ1n) is 7.34. The highest BCUT2D eigenvalue weighted by Crippen LogP contribution is 2.15. The molecule has 1 unspecified atom stereocenters. The average molecular weight is 339 g/mol. The number of H-pyrrole nitrogens is 1. The molecule has 0 bridgehead atoms. The third kappa shape index (κ3) is 2.37. The number of aromatic nitrogens is 4. The van der Waals surface area contributed by atoms with Crippen LogP contribution in [-0.4, -0.2) is 25.3 Å². The maximum Gasteiger partial charge on any atom is 0.271 e. The molecule has 0 fully saturated rings. The van der Waals surface area contributed by atoms with E-state index in [1.807, 2.05) is 31.2 Å². The number of imidazole rings is 1. The maximum absolute atomic E-state index is 12.4. The fourth-order valence-corrected chi connectivity index (χ4v) is 3.18. The van der Waals surface area contributed by atoms with Gasteiger partial charge in [0.05, 0.1) is 17.1 Å². The second-order valence-corrected chi connectivity index (χ2v) is 6.24. The van der Waals surface area contributed by atoms with E-state index in [1.54, 1.807) is 11.6 Å². The van der Waals surface area contributed by atoms with Crippen molar-refractivity contribution in [2.24, 2.45) is 0 Å². The lowest BCUT2D eigenvalue weighted by Crippen LogP contribution is -2.33.